The minimum absolute atomic E-state index is 0.0694. The van der Waals surface area contributed by atoms with Gasteiger partial charge in [0.25, 0.3) is 0 Å². The Morgan fingerprint density at radius 2 is 0.907 bits per heavy atom. The minimum Gasteiger partial charge on any atom is -0.493 e. The molecule has 286 valence electrons. The summed E-state index contributed by atoms with van der Waals surface area (Å²) in [5.74, 6) is 4.58. The number of rotatable bonds is 23. The van der Waals surface area contributed by atoms with E-state index in [2.05, 4.69) is 56.2 Å². The Morgan fingerprint density at radius 3 is 1.28 bits per heavy atom. The molecule has 0 saturated heterocycles. The SMILES string of the molecule is COc1ccc(/C=C/c2cc[n+](CCCC(=O)NCCSSCCNC(=O)CCC[n+]3ccc(/C=C/c4ccc(OC)c(OC)c4)cc3)cc2)cc1OC. The van der Waals surface area contributed by atoms with Crippen molar-refractivity contribution in [2.24, 2.45) is 0 Å². The number of nitrogens with zero attached hydrogens (tertiary/aromatic N) is 2. The van der Waals surface area contributed by atoms with Crippen molar-refractivity contribution in [3.8, 4) is 23.0 Å². The summed E-state index contributed by atoms with van der Waals surface area (Å²) in [5.41, 5.74) is 4.22. The fraction of sp³-hybridized carbons (Fsp3) is 0.333. The molecule has 0 bridgehead atoms. The van der Waals surface area contributed by atoms with Gasteiger partial charge in [-0.05, 0) is 46.5 Å². The molecule has 0 saturated carbocycles. The Balaban J connectivity index is 0.983. The van der Waals surface area contributed by atoms with Gasteiger partial charge < -0.3 is 29.6 Å². The summed E-state index contributed by atoms with van der Waals surface area (Å²) in [7, 11) is 9.92. The molecule has 0 aliphatic heterocycles. The summed E-state index contributed by atoms with van der Waals surface area (Å²) < 4.78 is 25.5. The summed E-state index contributed by atoms with van der Waals surface area (Å²) in [4.78, 5) is 24.6. The number of ether oxygens (including phenoxy) is 4. The van der Waals surface area contributed by atoms with Gasteiger partial charge in [0.2, 0.25) is 11.8 Å². The second-order valence-corrected chi connectivity index (χ2v) is 14.9. The van der Waals surface area contributed by atoms with Crippen molar-refractivity contribution in [1.82, 2.24) is 10.6 Å². The van der Waals surface area contributed by atoms with E-state index >= 15 is 0 Å². The van der Waals surface area contributed by atoms with Crippen molar-refractivity contribution in [2.75, 3.05) is 53.0 Å². The van der Waals surface area contributed by atoms with Crippen molar-refractivity contribution < 1.29 is 37.7 Å². The van der Waals surface area contributed by atoms with Crippen molar-refractivity contribution >= 4 is 57.7 Å². The molecule has 0 spiro atoms. The zero-order valence-corrected chi connectivity index (χ0v) is 33.3. The maximum absolute atomic E-state index is 12.3. The number of hydrogen-bond donors (Lipinski definition) is 2. The van der Waals surface area contributed by atoms with Crippen LogP contribution < -0.4 is 38.7 Å². The van der Waals surface area contributed by atoms with Gasteiger partial charge in [-0.2, -0.15) is 0 Å². The number of amides is 2. The number of carbonyl (C=O) groups excluding carboxylic acids is 2. The highest BCUT2D eigenvalue weighted by atomic mass is 33.1. The van der Waals surface area contributed by atoms with Crippen LogP contribution in [0.5, 0.6) is 23.0 Å². The molecular weight excluding hydrogens is 721 g/mol. The van der Waals surface area contributed by atoms with E-state index in [0.717, 1.165) is 59.7 Å². The van der Waals surface area contributed by atoms with Crippen LogP contribution in [-0.2, 0) is 22.7 Å². The number of nitrogens with one attached hydrogen (secondary N) is 2. The first-order valence-corrected chi connectivity index (χ1v) is 20.5. The number of methoxy groups -OCH3 is 4. The normalized spacial score (nSPS) is 11.1. The number of benzene rings is 2. The molecule has 2 aromatic carbocycles. The van der Waals surface area contributed by atoms with Crippen LogP contribution in [0, 0.1) is 0 Å². The number of aryl methyl sites for hydroxylation is 2. The zero-order valence-electron chi connectivity index (χ0n) is 31.6. The molecule has 2 aromatic heterocycles. The van der Waals surface area contributed by atoms with Crippen LogP contribution in [0.3, 0.4) is 0 Å². The maximum Gasteiger partial charge on any atom is 0.220 e. The third kappa shape index (κ3) is 14.8. The van der Waals surface area contributed by atoms with E-state index < -0.39 is 0 Å². The first-order chi connectivity index (χ1) is 26.4. The van der Waals surface area contributed by atoms with Gasteiger partial charge in [-0.1, -0.05) is 58.0 Å². The second kappa shape index (κ2) is 23.7. The van der Waals surface area contributed by atoms with Gasteiger partial charge in [0.05, 0.1) is 28.4 Å². The molecule has 0 unspecified atom stereocenters. The van der Waals surface area contributed by atoms with Crippen molar-refractivity contribution in [1.29, 1.82) is 0 Å². The summed E-state index contributed by atoms with van der Waals surface area (Å²) in [6.45, 7) is 2.81. The van der Waals surface area contributed by atoms with Crippen molar-refractivity contribution in [3.63, 3.8) is 0 Å². The standard InChI is InChI=1S/C42H50N4O6S2/c1-49-37-15-13-35(31-39(37)51-3)11-9-33-17-25-45(26-18-33)23-5-7-41(47)43-21-29-53-54-30-22-44-42(48)8-6-24-46-27-19-34(20-28-46)10-12-36-14-16-38(50-2)40(32-36)52-4/h9-20,25-28,31-32H,5-8,21-24,29-30H2,1-4H3/p+2/b11-9+,12-10+. The third-order valence-electron chi connectivity index (χ3n) is 8.32. The molecule has 54 heavy (non-hydrogen) atoms. The minimum atomic E-state index is 0.0694. The van der Waals surface area contributed by atoms with Crippen molar-refractivity contribution in [2.45, 2.75) is 38.8 Å². The van der Waals surface area contributed by atoms with Crippen LogP contribution in [0.2, 0.25) is 0 Å². The van der Waals surface area contributed by atoms with Crippen molar-refractivity contribution in [3.05, 3.63) is 108 Å². The predicted molar refractivity (Wildman–Crippen MR) is 220 cm³/mol. The van der Waals surface area contributed by atoms with E-state index in [1.165, 1.54) is 0 Å². The van der Waals surface area contributed by atoms with Crippen LogP contribution in [0.4, 0.5) is 0 Å². The average molecular weight is 773 g/mol. The molecule has 4 rings (SSSR count). The molecule has 0 aliphatic rings. The fourth-order valence-electron chi connectivity index (χ4n) is 5.36. The molecule has 2 heterocycles. The van der Waals surface area contributed by atoms with E-state index in [0.29, 0.717) is 48.9 Å². The quantitative estimate of drug-likeness (QED) is 0.0500. The van der Waals surface area contributed by atoms with E-state index in [4.69, 9.17) is 18.9 Å². The summed E-state index contributed by atoms with van der Waals surface area (Å²) >= 11 is 0. The Hall–Kier alpha value is -4.94. The van der Waals surface area contributed by atoms with Gasteiger partial charge in [0.15, 0.2) is 47.8 Å². The van der Waals surface area contributed by atoms with Crippen LogP contribution >= 0.6 is 21.6 Å². The smallest absolute Gasteiger partial charge is 0.220 e. The lowest BCUT2D eigenvalue weighted by atomic mass is 10.1. The molecule has 0 fully saturated rings. The molecule has 2 N–H and O–H groups in total. The number of carbonyl (C=O) groups is 2. The summed E-state index contributed by atoms with van der Waals surface area (Å²) in [6, 6.07) is 19.9. The lowest BCUT2D eigenvalue weighted by molar-refractivity contribution is -0.697. The highest BCUT2D eigenvalue weighted by molar-refractivity contribution is 8.76. The zero-order chi connectivity index (χ0) is 38.4. The van der Waals surface area contributed by atoms with Crippen LogP contribution in [0.1, 0.15) is 47.9 Å². The molecule has 0 aliphatic carbocycles. The van der Waals surface area contributed by atoms with Gasteiger partial charge in [-0.3, -0.25) is 9.59 Å². The number of aromatic nitrogens is 2. The number of hydrogen-bond acceptors (Lipinski definition) is 8. The number of pyridine rings is 2. The average Bonchev–Trinajstić information content (AvgIpc) is 3.20. The Labute approximate surface area is 327 Å². The molecule has 4 aromatic rings. The Bertz CT molecular complexity index is 1680. The monoisotopic (exact) mass is 772 g/mol. The van der Waals surface area contributed by atoms with E-state index in [-0.39, 0.29) is 11.8 Å². The lowest BCUT2D eigenvalue weighted by Crippen LogP contribution is -2.34. The molecule has 10 nitrogen and oxygen atoms in total. The topological polar surface area (TPSA) is 103 Å². The lowest BCUT2D eigenvalue weighted by Gasteiger charge is -2.07. The molecular formula is C42H52N4O6S2+2. The first-order valence-electron chi connectivity index (χ1n) is 18.0. The first kappa shape index (κ1) is 41.8. The fourth-order valence-corrected chi connectivity index (χ4v) is 7.17. The van der Waals surface area contributed by atoms with Gasteiger partial charge in [-0.15, -0.1) is 0 Å². The Morgan fingerprint density at radius 1 is 0.537 bits per heavy atom. The Kier molecular flexibility index (Phi) is 18.3. The largest absolute Gasteiger partial charge is 0.493 e. The maximum atomic E-state index is 12.3. The molecule has 0 atom stereocenters. The van der Waals surface area contributed by atoms with Crippen LogP contribution in [-0.4, -0.2) is 64.8 Å². The van der Waals surface area contributed by atoms with Crippen LogP contribution in [0.15, 0.2) is 85.5 Å². The third-order valence-corrected chi connectivity index (χ3v) is 10.7. The molecule has 0 radical (unpaired) electrons. The van der Waals surface area contributed by atoms with Gasteiger partial charge in [0.1, 0.15) is 13.1 Å². The van der Waals surface area contributed by atoms with Gasteiger partial charge in [-0.25, -0.2) is 9.13 Å². The highest BCUT2D eigenvalue weighted by Gasteiger charge is 2.08. The van der Waals surface area contributed by atoms with E-state index in [9.17, 15) is 9.59 Å². The highest BCUT2D eigenvalue weighted by Crippen LogP contribution is 2.29. The second-order valence-electron chi connectivity index (χ2n) is 12.2. The summed E-state index contributed by atoms with van der Waals surface area (Å²) in [5, 5.41) is 6.01. The van der Waals surface area contributed by atoms with Crippen LogP contribution in [0.25, 0.3) is 24.3 Å². The molecule has 12 heteroatoms. The molecule has 2 amide bonds. The van der Waals surface area contributed by atoms with Gasteiger partial charge >= 0.3 is 0 Å². The van der Waals surface area contributed by atoms with E-state index in [1.54, 1.807) is 50.0 Å². The predicted octanol–water partition coefficient (Wildman–Crippen LogP) is 6.51. The van der Waals surface area contributed by atoms with E-state index in [1.807, 2.05) is 73.3 Å². The summed E-state index contributed by atoms with van der Waals surface area (Å²) in [6.07, 6.45) is 18.8. The van der Waals surface area contributed by atoms with Gasteiger partial charge in [0, 0.05) is 74.5 Å².